The topological polar surface area (TPSA) is 119 Å². The second-order valence-electron chi connectivity index (χ2n) is 8.74. The summed E-state index contributed by atoms with van der Waals surface area (Å²) in [6.45, 7) is 2.00. The van der Waals surface area contributed by atoms with Crippen LogP contribution in [0.1, 0.15) is 29.4 Å². The molecule has 38 heavy (non-hydrogen) atoms. The number of ketones is 1. The van der Waals surface area contributed by atoms with Gasteiger partial charge in [0.05, 0.1) is 5.71 Å². The van der Waals surface area contributed by atoms with Crippen molar-refractivity contribution in [1.29, 1.82) is 0 Å². The second-order valence-corrected chi connectivity index (χ2v) is 8.74. The number of nitrogens with one attached hydrogen (secondary N) is 1. The first-order valence-corrected chi connectivity index (χ1v) is 12.3. The van der Waals surface area contributed by atoms with Crippen molar-refractivity contribution in [3.8, 4) is 22.7 Å². The molecule has 0 fully saturated rings. The minimum atomic E-state index is -0.899. The van der Waals surface area contributed by atoms with Gasteiger partial charge in [-0.3, -0.25) is 14.8 Å². The zero-order chi connectivity index (χ0) is 25.9. The van der Waals surface area contributed by atoms with Gasteiger partial charge in [-0.05, 0) is 11.6 Å². The third-order valence-corrected chi connectivity index (χ3v) is 6.28. The summed E-state index contributed by atoms with van der Waals surface area (Å²) >= 11 is 0. The lowest BCUT2D eigenvalue weighted by Crippen LogP contribution is -2.29. The highest BCUT2D eigenvalue weighted by Gasteiger charge is 2.27. The summed E-state index contributed by atoms with van der Waals surface area (Å²) in [5.74, 6) is 0.864. The largest absolute Gasteiger partial charge is 0.402 e. The Kier molecular flexibility index (Phi) is 6.23. The Bertz CT molecular complexity index is 1630. The highest BCUT2D eigenvalue weighted by atomic mass is 16.4. The molecule has 3 aromatic heterocycles. The van der Waals surface area contributed by atoms with Crippen molar-refractivity contribution in [3.63, 3.8) is 0 Å². The van der Waals surface area contributed by atoms with Crippen LogP contribution in [0.5, 0.6) is 0 Å². The first-order valence-electron chi connectivity index (χ1n) is 12.3. The van der Waals surface area contributed by atoms with E-state index in [1.807, 2.05) is 73.7 Å². The molecule has 5 aromatic rings. The van der Waals surface area contributed by atoms with Crippen molar-refractivity contribution in [1.82, 2.24) is 25.1 Å². The number of rotatable bonds is 6. The van der Waals surface area contributed by atoms with Crippen LogP contribution in [0.4, 0.5) is 6.01 Å². The minimum absolute atomic E-state index is 0.0784. The van der Waals surface area contributed by atoms with Crippen LogP contribution in [0.25, 0.3) is 22.7 Å². The van der Waals surface area contributed by atoms with Gasteiger partial charge in [-0.15, -0.1) is 5.10 Å². The number of benzene rings is 2. The smallest absolute Gasteiger partial charge is 0.317 e. The van der Waals surface area contributed by atoms with Crippen molar-refractivity contribution < 1.29 is 9.21 Å². The summed E-state index contributed by atoms with van der Waals surface area (Å²) in [7, 11) is 0. The normalized spacial score (nSPS) is 14.9. The molecule has 0 aliphatic carbocycles. The van der Waals surface area contributed by atoms with Gasteiger partial charge in [-0.2, -0.15) is 0 Å². The minimum Gasteiger partial charge on any atom is -0.402 e. The van der Waals surface area contributed by atoms with Gasteiger partial charge in [0.2, 0.25) is 0 Å². The summed E-state index contributed by atoms with van der Waals surface area (Å²) in [6.07, 6.45) is 5.24. The molecular formula is C29H23N7O2. The molecule has 0 saturated carbocycles. The summed E-state index contributed by atoms with van der Waals surface area (Å²) < 4.78 is 5.93. The van der Waals surface area contributed by atoms with E-state index in [0.717, 1.165) is 45.8 Å². The standard InChI is InChI=1S/C29H23N7O2/c1-2-24-31-16-20(17-32-24)22-13-8-14-30-26(22)28-35-36-29(38-28)34-27-23(37)15-19-11-6-7-12-21(19)25(33-27)18-9-4-3-5-10-18/h3-14,16-17,27H,2,15H2,1H3,(H,34,36). The first-order chi connectivity index (χ1) is 18.7. The molecule has 1 N–H and O–H groups in total. The number of nitrogens with zero attached hydrogens (tertiary/aromatic N) is 6. The third kappa shape index (κ3) is 4.57. The molecule has 9 heteroatoms. The number of aryl methyl sites for hydroxylation is 1. The van der Waals surface area contributed by atoms with Gasteiger partial charge in [-0.1, -0.05) is 72.7 Å². The number of aromatic nitrogens is 5. The Labute approximate surface area is 218 Å². The molecule has 1 atom stereocenters. The van der Waals surface area contributed by atoms with Crippen LogP contribution < -0.4 is 5.32 Å². The number of carbonyl (C=O) groups is 1. The van der Waals surface area contributed by atoms with Gasteiger partial charge in [0.1, 0.15) is 11.5 Å². The summed E-state index contributed by atoms with van der Waals surface area (Å²) in [5.41, 5.74) is 5.53. The average molecular weight is 502 g/mol. The maximum Gasteiger partial charge on any atom is 0.317 e. The van der Waals surface area contributed by atoms with Crippen LogP contribution in [-0.2, 0) is 17.6 Å². The van der Waals surface area contributed by atoms with Crippen LogP contribution >= 0.6 is 0 Å². The fourth-order valence-electron chi connectivity index (χ4n) is 4.38. The molecule has 1 unspecified atom stereocenters. The number of anilines is 1. The Balaban J connectivity index is 1.33. The molecule has 1 aliphatic rings. The van der Waals surface area contributed by atoms with Gasteiger partial charge in [0.25, 0.3) is 5.89 Å². The van der Waals surface area contributed by atoms with Gasteiger partial charge >= 0.3 is 6.01 Å². The Hall–Kier alpha value is -5.05. The van der Waals surface area contributed by atoms with E-state index in [1.54, 1.807) is 18.6 Å². The van der Waals surface area contributed by atoms with Gasteiger partial charge in [0.15, 0.2) is 11.9 Å². The molecule has 0 bridgehead atoms. The SMILES string of the molecule is CCc1ncc(-c2cccnc2-c2nnc(NC3N=C(c4ccccc4)c4ccccc4CC3=O)o2)cn1. The zero-order valence-corrected chi connectivity index (χ0v) is 20.6. The van der Waals surface area contributed by atoms with Crippen LogP contribution in [0, 0.1) is 0 Å². The molecule has 4 heterocycles. The zero-order valence-electron chi connectivity index (χ0n) is 20.6. The van der Waals surface area contributed by atoms with E-state index in [0.29, 0.717) is 5.69 Å². The van der Waals surface area contributed by atoms with Crippen LogP contribution in [0.15, 0.2) is 94.7 Å². The Morgan fingerprint density at radius 1 is 0.868 bits per heavy atom. The maximum absolute atomic E-state index is 13.2. The van der Waals surface area contributed by atoms with Gasteiger partial charge in [0, 0.05) is 53.7 Å². The van der Waals surface area contributed by atoms with Crippen LogP contribution in [0.3, 0.4) is 0 Å². The van der Waals surface area contributed by atoms with Crippen LogP contribution in [-0.4, -0.2) is 42.8 Å². The maximum atomic E-state index is 13.2. The molecule has 0 saturated heterocycles. The lowest BCUT2D eigenvalue weighted by Gasteiger charge is -2.11. The number of Topliss-reactive ketones (excluding diaryl/α,β-unsaturated/α-hetero) is 1. The number of hydrogen-bond donors (Lipinski definition) is 1. The van der Waals surface area contributed by atoms with Gasteiger partial charge < -0.3 is 9.73 Å². The van der Waals surface area contributed by atoms with E-state index >= 15 is 0 Å². The molecule has 6 rings (SSSR count). The molecule has 0 amide bonds. The van der Waals surface area contributed by atoms with E-state index in [9.17, 15) is 4.79 Å². The number of hydrogen-bond acceptors (Lipinski definition) is 9. The third-order valence-electron chi connectivity index (χ3n) is 6.28. The van der Waals surface area contributed by atoms with E-state index in [2.05, 4.69) is 30.5 Å². The number of pyridine rings is 1. The Morgan fingerprint density at radius 2 is 1.63 bits per heavy atom. The van der Waals surface area contributed by atoms with Crippen molar-refractivity contribution in [2.24, 2.45) is 4.99 Å². The van der Waals surface area contributed by atoms with Crippen molar-refractivity contribution in [2.45, 2.75) is 25.9 Å². The summed E-state index contributed by atoms with van der Waals surface area (Å²) in [4.78, 5) is 31.3. The van der Waals surface area contributed by atoms with E-state index in [1.165, 1.54) is 0 Å². The number of carbonyl (C=O) groups excluding carboxylic acids is 1. The highest BCUT2D eigenvalue weighted by molar-refractivity contribution is 6.16. The molecule has 9 nitrogen and oxygen atoms in total. The molecular weight excluding hydrogens is 478 g/mol. The molecule has 0 spiro atoms. The van der Waals surface area contributed by atoms with Crippen molar-refractivity contribution in [3.05, 3.63) is 108 Å². The van der Waals surface area contributed by atoms with Gasteiger partial charge in [-0.25, -0.2) is 9.97 Å². The van der Waals surface area contributed by atoms with E-state index < -0.39 is 6.17 Å². The van der Waals surface area contributed by atoms with Crippen molar-refractivity contribution in [2.75, 3.05) is 5.32 Å². The lowest BCUT2D eigenvalue weighted by molar-refractivity contribution is -0.119. The van der Waals surface area contributed by atoms with Crippen LogP contribution in [0.2, 0.25) is 0 Å². The number of aliphatic imine (C=N–C) groups is 1. The monoisotopic (exact) mass is 501 g/mol. The van der Waals surface area contributed by atoms with E-state index in [-0.39, 0.29) is 24.1 Å². The lowest BCUT2D eigenvalue weighted by atomic mass is 9.96. The predicted molar refractivity (Wildman–Crippen MR) is 143 cm³/mol. The number of fused-ring (bicyclic) bond motifs is 1. The second kappa shape index (κ2) is 10.1. The molecule has 1 aliphatic heterocycles. The molecule has 0 radical (unpaired) electrons. The Morgan fingerprint density at radius 3 is 2.45 bits per heavy atom. The predicted octanol–water partition coefficient (Wildman–Crippen LogP) is 4.55. The van der Waals surface area contributed by atoms with Crippen molar-refractivity contribution >= 4 is 17.5 Å². The quantitative estimate of drug-likeness (QED) is 0.360. The summed E-state index contributed by atoms with van der Waals surface area (Å²) in [5, 5.41) is 11.4. The van der Waals surface area contributed by atoms with E-state index in [4.69, 9.17) is 9.41 Å². The molecule has 186 valence electrons. The fraction of sp³-hybridized carbons (Fsp3) is 0.138. The average Bonchev–Trinajstić information content (AvgIpc) is 3.39. The molecule has 2 aromatic carbocycles. The summed E-state index contributed by atoms with van der Waals surface area (Å²) in [6, 6.07) is 21.4. The fourth-order valence-corrected chi connectivity index (χ4v) is 4.38. The first kappa shape index (κ1) is 23.4. The highest BCUT2D eigenvalue weighted by Crippen LogP contribution is 2.30.